The minimum absolute atomic E-state index is 0.0101. The van der Waals surface area contributed by atoms with Gasteiger partial charge in [-0.2, -0.15) is 0 Å². The summed E-state index contributed by atoms with van der Waals surface area (Å²) in [6.07, 6.45) is 6.35. The van der Waals surface area contributed by atoms with Crippen molar-refractivity contribution in [3.05, 3.63) is 102 Å². The number of carbonyl (C=O) groups is 6. The summed E-state index contributed by atoms with van der Waals surface area (Å²) < 4.78 is 4.76. The van der Waals surface area contributed by atoms with Crippen LogP contribution in [0.25, 0.3) is 11.1 Å². The molecule has 1 aromatic heterocycles. The third-order valence-electron chi connectivity index (χ3n) is 14.0. The summed E-state index contributed by atoms with van der Waals surface area (Å²) >= 11 is 0. The number of amides is 6. The zero-order valence-electron chi connectivity index (χ0n) is 42.4. The number of hydrogen-bond donors (Lipinski definition) is 4. The molecule has 16 heteroatoms. The number of nitrogens with one attached hydrogen (secondary N) is 4. The van der Waals surface area contributed by atoms with E-state index in [1.54, 1.807) is 9.80 Å². The third-order valence-corrected chi connectivity index (χ3v) is 14.0. The van der Waals surface area contributed by atoms with Gasteiger partial charge in [-0.25, -0.2) is 9.78 Å². The van der Waals surface area contributed by atoms with Gasteiger partial charge in [-0.3, -0.25) is 24.0 Å². The molecule has 6 atom stereocenters. The van der Waals surface area contributed by atoms with Gasteiger partial charge in [-0.15, -0.1) is 0 Å². The van der Waals surface area contributed by atoms with Crippen LogP contribution in [0.3, 0.4) is 0 Å². The van der Waals surface area contributed by atoms with E-state index in [1.165, 1.54) is 7.11 Å². The monoisotopic (exact) mass is 970 g/mol. The normalized spacial score (nSPS) is 19.6. The smallest absolute Gasteiger partial charge is 0.407 e. The Bertz CT molecular complexity index is 2500. The lowest BCUT2D eigenvalue weighted by molar-refractivity contribution is -0.141. The molecule has 0 spiro atoms. The molecule has 3 aliphatic rings. The number of ether oxygens (including phenoxy) is 1. The molecule has 71 heavy (non-hydrogen) atoms. The van der Waals surface area contributed by atoms with Gasteiger partial charge in [0.2, 0.25) is 29.5 Å². The Morgan fingerprint density at radius 2 is 1.13 bits per heavy atom. The molecule has 378 valence electrons. The van der Waals surface area contributed by atoms with Crippen LogP contribution in [0.2, 0.25) is 0 Å². The number of likely N-dealkylation sites (tertiary alicyclic amines) is 2. The predicted octanol–water partition coefficient (Wildman–Crippen LogP) is 8.08. The van der Waals surface area contributed by atoms with Crippen molar-refractivity contribution in [3.63, 3.8) is 0 Å². The Labute approximate surface area is 418 Å². The van der Waals surface area contributed by atoms with Gasteiger partial charge < -0.3 is 45.6 Å². The molecule has 0 unspecified atom stereocenters. The van der Waals surface area contributed by atoms with Crippen LogP contribution in [0.15, 0.2) is 91.1 Å². The average Bonchev–Trinajstić information content (AvgIpc) is 4.17. The van der Waals surface area contributed by atoms with Gasteiger partial charge >= 0.3 is 6.09 Å². The van der Waals surface area contributed by atoms with Crippen LogP contribution in [0, 0.1) is 11.8 Å². The van der Waals surface area contributed by atoms with Gasteiger partial charge in [0.1, 0.15) is 30.0 Å². The van der Waals surface area contributed by atoms with Crippen LogP contribution >= 0.6 is 0 Å². The molecule has 6 amide bonds. The van der Waals surface area contributed by atoms with Gasteiger partial charge in [0.15, 0.2) is 0 Å². The van der Waals surface area contributed by atoms with E-state index in [1.807, 2.05) is 102 Å². The number of rotatable bonds is 17. The molecule has 4 aromatic rings. The molecule has 3 fully saturated rings. The van der Waals surface area contributed by atoms with Crippen molar-refractivity contribution < 1.29 is 33.5 Å². The van der Waals surface area contributed by atoms with E-state index in [9.17, 15) is 28.8 Å². The van der Waals surface area contributed by atoms with Crippen molar-refractivity contribution in [2.24, 2.45) is 11.8 Å². The molecule has 7 rings (SSSR count). The standard InChI is InChI=1S/C55H71N9O7/c1-9-12-48(65)59-49(34(2)3)53(68)62-31-10-13-45(62)51(66)57-40-22-15-37(16-23-40)43-28-29-44(64(43)42-26-19-36(20-27-42)39-21-30-47(56-33-39)61(6)7)38-17-24-41(25-18-38)58-52(67)46-14-11-32-63(46)54(69)50(35(4)5)60-55(70)71-8/h15-27,30,33-35,43-46,49-50H,9-14,28-29,31-32H2,1-8H3,(H,57,66)(H,58,67)(H,59,65)(H,60,70)/t43-,44-,45+,46+,49+,50+/m1/s1. The van der Waals surface area contributed by atoms with Crippen molar-refractivity contribution in [1.29, 1.82) is 0 Å². The molecule has 3 saturated heterocycles. The van der Waals surface area contributed by atoms with E-state index in [-0.39, 0.29) is 53.5 Å². The maximum absolute atomic E-state index is 13.8. The first-order valence-electron chi connectivity index (χ1n) is 25.2. The highest BCUT2D eigenvalue weighted by molar-refractivity contribution is 6.00. The lowest BCUT2D eigenvalue weighted by atomic mass is 10.0. The first kappa shape index (κ1) is 51.9. The second kappa shape index (κ2) is 23.3. The maximum atomic E-state index is 13.8. The summed E-state index contributed by atoms with van der Waals surface area (Å²) in [5.41, 5.74) is 6.51. The maximum Gasteiger partial charge on any atom is 0.407 e. The molecule has 0 saturated carbocycles. The number of pyridine rings is 1. The molecule has 0 aliphatic carbocycles. The molecular formula is C55H71N9O7. The van der Waals surface area contributed by atoms with Crippen LogP contribution in [-0.4, -0.2) is 109 Å². The van der Waals surface area contributed by atoms with Crippen molar-refractivity contribution in [2.75, 3.05) is 54.7 Å². The van der Waals surface area contributed by atoms with Crippen LogP contribution in [-0.2, 0) is 28.7 Å². The molecule has 4 heterocycles. The number of benzene rings is 3. The van der Waals surface area contributed by atoms with Gasteiger partial charge in [0.25, 0.3) is 0 Å². The highest BCUT2D eigenvalue weighted by Gasteiger charge is 2.41. The fourth-order valence-corrected chi connectivity index (χ4v) is 10.2. The highest BCUT2D eigenvalue weighted by atomic mass is 16.5. The molecule has 4 N–H and O–H groups in total. The SMILES string of the molecule is CCCC(=O)N[C@H](C(=O)N1CCC[C@H]1C(=O)Nc1ccc([C@H]2CC[C@H](c3ccc(NC(=O)[C@@H]4CCCN4C(=O)[C@@H](NC(=O)OC)C(C)C)cc3)N2c2ccc(-c3ccc(N(C)C)nc3)cc2)cc1)C(C)C. The Morgan fingerprint density at radius 3 is 1.55 bits per heavy atom. The summed E-state index contributed by atoms with van der Waals surface area (Å²) in [6, 6.07) is 25.6. The molecule has 3 aliphatic heterocycles. The number of alkyl carbamates (subject to hydrolysis) is 1. The van der Waals surface area contributed by atoms with Crippen LogP contribution in [0.5, 0.6) is 0 Å². The van der Waals surface area contributed by atoms with Gasteiger partial charge in [0, 0.05) is 62.4 Å². The number of anilines is 4. The van der Waals surface area contributed by atoms with Crippen molar-refractivity contribution in [3.8, 4) is 11.1 Å². The summed E-state index contributed by atoms with van der Waals surface area (Å²) in [6.45, 7) is 10.3. The topological polar surface area (TPSA) is 186 Å². The van der Waals surface area contributed by atoms with Crippen LogP contribution in [0.1, 0.15) is 109 Å². The van der Waals surface area contributed by atoms with Gasteiger partial charge in [-0.1, -0.05) is 71.0 Å². The summed E-state index contributed by atoms with van der Waals surface area (Å²) in [5, 5.41) is 11.7. The third kappa shape index (κ3) is 12.1. The lowest BCUT2D eigenvalue weighted by Gasteiger charge is -2.34. The molecule has 0 radical (unpaired) electrons. The quantitative estimate of drug-likeness (QED) is 0.0807. The number of methoxy groups -OCH3 is 1. The number of nitrogens with zero attached hydrogens (tertiary/aromatic N) is 5. The number of hydrogen-bond acceptors (Lipinski definition) is 10. The zero-order valence-corrected chi connectivity index (χ0v) is 42.4. The second-order valence-electron chi connectivity index (χ2n) is 19.9. The molecule has 0 bridgehead atoms. The van der Waals surface area contributed by atoms with Gasteiger partial charge in [0.05, 0.1) is 19.2 Å². The number of aromatic nitrogens is 1. The Kier molecular flexibility index (Phi) is 17.0. The fourth-order valence-electron chi connectivity index (χ4n) is 10.2. The lowest BCUT2D eigenvalue weighted by Crippen LogP contribution is -2.54. The molecular weight excluding hydrogens is 899 g/mol. The van der Waals surface area contributed by atoms with E-state index in [2.05, 4.69) is 73.6 Å². The summed E-state index contributed by atoms with van der Waals surface area (Å²) in [4.78, 5) is 91.8. The highest BCUT2D eigenvalue weighted by Crippen LogP contribution is 2.47. The van der Waals surface area contributed by atoms with E-state index in [0.29, 0.717) is 63.0 Å². The Balaban J connectivity index is 1.08. The number of carbonyl (C=O) groups excluding carboxylic acids is 6. The van der Waals surface area contributed by atoms with Crippen molar-refractivity contribution >= 4 is 58.5 Å². The largest absolute Gasteiger partial charge is 0.453 e. The van der Waals surface area contributed by atoms with E-state index < -0.39 is 30.3 Å². The fraction of sp³-hybridized carbons (Fsp3) is 0.473. The van der Waals surface area contributed by atoms with E-state index in [0.717, 1.165) is 46.6 Å². The molecule has 3 aromatic carbocycles. The van der Waals surface area contributed by atoms with Crippen LogP contribution in [0.4, 0.5) is 27.7 Å². The summed E-state index contributed by atoms with van der Waals surface area (Å²) in [5.74, 6) is -0.685. The minimum Gasteiger partial charge on any atom is -0.453 e. The predicted molar refractivity (Wildman–Crippen MR) is 277 cm³/mol. The summed E-state index contributed by atoms with van der Waals surface area (Å²) in [7, 11) is 5.18. The average molecular weight is 970 g/mol. The van der Waals surface area contributed by atoms with Gasteiger partial charge in [-0.05, 0) is 122 Å². The minimum atomic E-state index is -0.822. The van der Waals surface area contributed by atoms with E-state index in [4.69, 9.17) is 4.74 Å². The molecule has 16 nitrogen and oxygen atoms in total. The van der Waals surface area contributed by atoms with Crippen molar-refractivity contribution in [1.82, 2.24) is 25.4 Å². The first-order valence-corrected chi connectivity index (χ1v) is 25.2. The van der Waals surface area contributed by atoms with Crippen LogP contribution < -0.4 is 31.1 Å². The Morgan fingerprint density at radius 1 is 0.648 bits per heavy atom. The second-order valence-corrected chi connectivity index (χ2v) is 19.9. The zero-order chi connectivity index (χ0) is 50.9. The first-order chi connectivity index (χ1) is 34.1. The van der Waals surface area contributed by atoms with Crippen molar-refractivity contribution in [2.45, 2.75) is 122 Å². The van der Waals surface area contributed by atoms with E-state index >= 15 is 0 Å². The Hall–Kier alpha value is -6.97.